The Balaban J connectivity index is 0.00000363. The second-order valence-electron chi connectivity index (χ2n) is 7.36. The van der Waals surface area contributed by atoms with Crippen LogP contribution in [0.25, 0.3) is 6.08 Å². The van der Waals surface area contributed by atoms with Gasteiger partial charge >= 0.3 is 0 Å². The topological polar surface area (TPSA) is 77.0 Å². The van der Waals surface area contributed by atoms with Gasteiger partial charge in [0.05, 0.1) is 4.90 Å². The molecule has 0 radical (unpaired) electrons. The van der Waals surface area contributed by atoms with Gasteiger partial charge < -0.3 is 10.2 Å². The van der Waals surface area contributed by atoms with Crippen molar-refractivity contribution >= 4 is 46.0 Å². The van der Waals surface area contributed by atoms with Crippen molar-refractivity contribution < 1.29 is 8.42 Å². The van der Waals surface area contributed by atoms with Gasteiger partial charge in [0.25, 0.3) is 0 Å². The van der Waals surface area contributed by atoms with Crippen LogP contribution in [0.1, 0.15) is 11.1 Å². The number of guanidine groups is 1. The molecule has 1 fully saturated rings. The van der Waals surface area contributed by atoms with Crippen LogP contribution in [0.2, 0.25) is 0 Å². The molecule has 32 heavy (non-hydrogen) atoms. The lowest BCUT2D eigenvalue weighted by atomic mass is 10.2. The molecule has 3 rings (SSSR count). The second kappa shape index (κ2) is 12.9. The molecule has 174 valence electrons. The molecular formula is C23H32IN5O2S. The number of sulfonamides is 1. The zero-order valence-corrected chi connectivity index (χ0v) is 21.7. The Morgan fingerprint density at radius 2 is 1.78 bits per heavy atom. The minimum Gasteiger partial charge on any atom is -0.352 e. The molecular weight excluding hydrogens is 537 g/mol. The average molecular weight is 570 g/mol. The standard InChI is InChI=1S/C23H31N5O2S.HI/c1-24-23(26-19-21-10-6-12-22(18-21)31(29,30)25-2)28-16-14-27(15-17-28)13-7-11-20-8-4-3-5-9-20;/h3-12,18,25H,13-17,19H2,1-2H3,(H,24,26);1H/b11-7+;. The minimum atomic E-state index is -3.45. The Morgan fingerprint density at radius 3 is 2.44 bits per heavy atom. The van der Waals surface area contributed by atoms with E-state index in [1.54, 1.807) is 25.2 Å². The largest absolute Gasteiger partial charge is 0.352 e. The maximum atomic E-state index is 12.0. The number of nitrogens with one attached hydrogen (secondary N) is 2. The van der Waals surface area contributed by atoms with Crippen molar-refractivity contribution in [3.8, 4) is 0 Å². The summed E-state index contributed by atoms with van der Waals surface area (Å²) in [6.45, 7) is 5.17. The highest BCUT2D eigenvalue weighted by molar-refractivity contribution is 14.0. The highest BCUT2D eigenvalue weighted by atomic mass is 127. The van der Waals surface area contributed by atoms with Gasteiger partial charge in [-0.25, -0.2) is 13.1 Å². The maximum absolute atomic E-state index is 12.0. The third-order valence-corrected chi connectivity index (χ3v) is 6.70. The molecule has 1 heterocycles. The SMILES string of the molecule is CN=C(NCc1cccc(S(=O)(=O)NC)c1)N1CCN(C/C=C/c2ccccc2)CC1.I. The number of halogens is 1. The van der Waals surface area contributed by atoms with Gasteiger partial charge in [0.1, 0.15) is 0 Å². The van der Waals surface area contributed by atoms with Gasteiger partial charge in [0.2, 0.25) is 10.0 Å². The van der Waals surface area contributed by atoms with E-state index >= 15 is 0 Å². The molecule has 1 aliphatic heterocycles. The van der Waals surface area contributed by atoms with Gasteiger partial charge in [-0.2, -0.15) is 0 Å². The van der Waals surface area contributed by atoms with Crippen LogP contribution in [0.3, 0.4) is 0 Å². The van der Waals surface area contributed by atoms with Crippen molar-refractivity contribution in [3.05, 3.63) is 71.8 Å². The monoisotopic (exact) mass is 569 g/mol. The molecule has 0 unspecified atom stereocenters. The van der Waals surface area contributed by atoms with E-state index in [4.69, 9.17) is 0 Å². The molecule has 0 saturated carbocycles. The van der Waals surface area contributed by atoms with E-state index in [0.717, 1.165) is 44.2 Å². The first kappa shape index (κ1) is 26.3. The smallest absolute Gasteiger partial charge is 0.240 e. The fourth-order valence-electron chi connectivity index (χ4n) is 3.50. The molecule has 1 aliphatic rings. The van der Waals surface area contributed by atoms with Crippen LogP contribution in [0, 0.1) is 0 Å². The van der Waals surface area contributed by atoms with Crippen molar-refractivity contribution in [2.24, 2.45) is 4.99 Å². The van der Waals surface area contributed by atoms with Crippen molar-refractivity contribution in [1.29, 1.82) is 0 Å². The van der Waals surface area contributed by atoms with E-state index in [1.807, 2.05) is 24.3 Å². The quantitative estimate of drug-likeness (QED) is 0.305. The lowest BCUT2D eigenvalue weighted by molar-refractivity contribution is 0.194. The van der Waals surface area contributed by atoms with E-state index in [0.29, 0.717) is 6.54 Å². The first-order chi connectivity index (χ1) is 15.0. The summed E-state index contributed by atoms with van der Waals surface area (Å²) in [4.78, 5) is 9.34. The number of aliphatic imine (C=N–C) groups is 1. The third kappa shape index (κ3) is 7.58. The summed E-state index contributed by atoms with van der Waals surface area (Å²) in [7, 11) is -0.254. The molecule has 2 N–H and O–H groups in total. The summed E-state index contributed by atoms with van der Waals surface area (Å²) >= 11 is 0. The molecule has 2 aromatic rings. The summed E-state index contributed by atoms with van der Waals surface area (Å²) < 4.78 is 26.4. The fourth-order valence-corrected chi connectivity index (χ4v) is 4.30. The van der Waals surface area contributed by atoms with Gasteiger partial charge in [0, 0.05) is 46.3 Å². The average Bonchev–Trinajstić information content (AvgIpc) is 2.81. The van der Waals surface area contributed by atoms with Crippen molar-refractivity contribution in [1.82, 2.24) is 19.8 Å². The molecule has 0 aromatic heterocycles. The number of hydrogen-bond donors (Lipinski definition) is 2. The summed E-state index contributed by atoms with van der Waals surface area (Å²) in [6.07, 6.45) is 4.37. The number of rotatable bonds is 7. The molecule has 2 aromatic carbocycles. The van der Waals surface area contributed by atoms with Crippen LogP contribution in [-0.2, 0) is 16.6 Å². The van der Waals surface area contributed by atoms with Crippen LogP contribution < -0.4 is 10.0 Å². The zero-order valence-electron chi connectivity index (χ0n) is 18.6. The van der Waals surface area contributed by atoms with Gasteiger partial charge in [-0.05, 0) is 30.3 Å². The molecule has 0 spiro atoms. The highest BCUT2D eigenvalue weighted by Crippen LogP contribution is 2.11. The Kier molecular flexibility index (Phi) is 10.6. The second-order valence-corrected chi connectivity index (χ2v) is 9.24. The zero-order chi connectivity index (χ0) is 22.1. The molecule has 7 nitrogen and oxygen atoms in total. The van der Waals surface area contributed by atoms with Crippen molar-refractivity contribution in [2.75, 3.05) is 46.8 Å². The molecule has 1 saturated heterocycles. The van der Waals surface area contributed by atoms with Gasteiger partial charge in [-0.15, -0.1) is 24.0 Å². The Hall–Kier alpha value is -1.95. The predicted octanol–water partition coefficient (Wildman–Crippen LogP) is 2.62. The Labute approximate surface area is 208 Å². The van der Waals surface area contributed by atoms with Crippen molar-refractivity contribution in [3.63, 3.8) is 0 Å². The van der Waals surface area contributed by atoms with Gasteiger partial charge in [-0.1, -0.05) is 54.6 Å². The lowest BCUT2D eigenvalue weighted by Crippen LogP contribution is -2.52. The lowest BCUT2D eigenvalue weighted by Gasteiger charge is -2.36. The van der Waals surface area contributed by atoms with E-state index in [9.17, 15) is 8.42 Å². The molecule has 0 atom stereocenters. The van der Waals surface area contributed by atoms with Crippen molar-refractivity contribution in [2.45, 2.75) is 11.4 Å². The third-order valence-electron chi connectivity index (χ3n) is 5.29. The van der Waals surface area contributed by atoms with Gasteiger partial charge in [-0.3, -0.25) is 9.89 Å². The van der Waals surface area contributed by atoms with E-state index in [-0.39, 0.29) is 28.9 Å². The molecule has 0 bridgehead atoms. The summed E-state index contributed by atoms with van der Waals surface area (Å²) in [5.74, 6) is 0.835. The Bertz CT molecular complexity index is 1000. The van der Waals surface area contributed by atoms with Gasteiger partial charge in [0.15, 0.2) is 5.96 Å². The summed E-state index contributed by atoms with van der Waals surface area (Å²) in [6, 6.07) is 17.3. The number of benzene rings is 2. The maximum Gasteiger partial charge on any atom is 0.240 e. The minimum absolute atomic E-state index is 0. The predicted molar refractivity (Wildman–Crippen MR) is 142 cm³/mol. The highest BCUT2D eigenvalue weighted by Gasteiger charge is 2.19. The van der Waals surface area contributed by atoms with Crippen LogP contribution >= 0.6 is 24.0 Å². The van der Waals surface area contributed by atoms with E-state index in [2.05, 4.69) is 49.1 Å². The first-order valence-corrected chi connectivity index (χ1v) is 11.9. The van der Waals surface area contributed by atoms with Crippen LogP contribution in [0.4, 0.5) is 0 Å². The normalized spacial score (nSPS) is 15.6. The fraction of sp³-hybridized carbons (Fsp3) is 0.348. The molecule has 0 aliphatic carbocycles. The Morgan fingerprint density at radius 1 is 1.06 bits per heavy atom. The van der Waals surface area contributed by atoms with E-state index < -0.39 is 10.0 Å². The first-order valence-electron chi connectivity index (χ1n) is 10.4. The molecule has 9 heteroatoms. The van der Waals surface area contributed by atoms with E-state index in [1.165, 1.54) is 12.6 Å². The van der Waals surface area contributed by atoms with Crippen LogP contribution in [0.5, 0.6) is 0 Å². The summed E-state index contributed by atoms with van der Waals surface area (Å²) in [5.41, 5.74) is 2.11. The molecule has 0 amide bonds. The summed E-state index contributed by atoms with van der Waals surface area (Å²) in [5, 5.41) is 3.36. The number of hydrogen-bond acceptors (Lipinski definition) is 4. The van der Waals surface area contributed by atoms with Crippen LogP contribution in [-0.4, -0.2) is 71.0 Å². The van der Waals surface area contributed by atoms with Crippen LogP contribution in [0.15, 0.2) is 70.6 Å². The number of piperazine rings is 1. The number of nitrogens with zero attached hydrogens (tertiary/aromatic N) is 3.